The second kappa shape index (κ2) is 6.20. The Hall–Kier alpha value is -1.89. The van der Waals surface area contributed by atoms with Crippen molar-refractivity contribution in [2.75, 3.05) is 11.9 Å². The van der Waals surface area contributed by atoms with Gasteiger partial charge in [-0.2, -0.15) is 5.10 Å². The molecule has 0 spiro atoms. The molecule has 24 heavy (non-hydrogen) atoms. The number of rotatable bonds is 2. The minimum absolute atomic E-state index is 0.187. The number of benzene rings is 1. The van der Waals surface area contributed by atoms with E-state index in [0.29, 0.717) is 23.5 Å². The van der Waals surface area contributed by atoms with Crippen molar-refractivity contribution in [2.24, 2.45) is 0 Å². The molecule has 2 aromatic rings. The van der Waals surface area contributed by atoms with E-state index in [-0.39, 0.29) is 11.7 Å². The van der Waals surface area contributed by atoms with Gasteiger partial charge in [-0.3, -0.25) is 5.10 Å². The van der Waals surface area contributed by atoms with Crippen molar-refractivity contribution in [3.8, 4) is 0 Å². The monoisotopic (exact) mass is 392 g/mol. The van der Waals surface area contributed by atoms with Crippen molar-refractivity contribution in [1.29, 1.82) is 0 Å². The predicted octanol–water partition coefficient (Wildman–Crippen LogP) is 4.17. The highest BCUT2D eigenvalue weighted by molar-refractivity contribution is 9.10. The number of hydrogen-bond donors (Lipinski definition) is 2. The number of fused-ring (bicyclic) bond motifs is 1. The maximum atomic E-state index is 14.0. The van der Waals surface area contributed by atoms with Gasteiger partial charge in [0.2, 0.25) is 0 Å². The first-order valence-electron chi connectivity index (χ1n) is 8.19. The number of nitrogens with one attached hydrogen (secondary N) is 2. The molecule has 1 fully saturated rings. The summed E-state index contributed by atoms with van der Waals surface area (Å²) in [6.07, 6.45) is 4.35. The Morgan fingerprint density at radius 2 is 2.25 bits per heavy atom. The first-order chi connectivity index (χ1) is 11.6. The van der Waals surface area contributed by atoms with E-state index in [2.05, 4.69) is 31.4 Å². The third-order valence-electron chi connectivity index (χ3n) is 4.94. The van der Waals surface area contributed by atoms with Crippen LogP contribution >= 0.6 is 15.9 Å². The number of aromatic amines is 1. The van der Waals surface area contributed by atoms with E-state index in [1.54, 1.807) is 23.1 Å². The molecule has 1 saturated carbocycles. The summed E-state index contributed by atoms with van der Waals surface area (Å²) < 4.78 is 14.4. The molecular formula is C17H18BrFN4O. The number of carbonyl (C=O) groups is 1. The molecule has 1 aliphatic carbocycles. The molecule has 0 bridgehead atoms. The van der Waals surface area contributed by atoms with E-state index >= 15 is 0 Å². The maximum Gasteiger partial charge on any atom is 0.322 e. The first-order valence-corrected chi connectivity index (χ1v) is 8.98. The highest BCUT2D eigenvalue weighted by atomic mass is 79.9. The largest absolute Gasteiger partial charge is 0.322 e. The Morgan fingerprint density at radius 3 is 3.00 bits per heavy atom. The van der Waals surface area contributed by atoms with E-state index in [9.17, 15) is 9.18 Å². The lowest BCUT2D eigenvalue weighted by Gasteiger charge is -2.30. The summed E-state index contributed by atoms with van der Waals surface area (Å²) in [6.45, 7) is 1.12. The minimum Gasteiger partial charge on any atom is -0.320 e. The number of carbonyl (C=O) groups excluding carboxylic acids is 1. The Kier molecular flexibility index (Phi) is 4.04. The number of amides is 2. The zero-order valence-electron chi connectivity index (χ0n) is 13.1. The lowest BCUT2D eigenvalue weighted by atomic mass is 9.81. The topological polar surface area (TPSA) is 61.0 Å². The zero-order valence-corrected chi connectivity index (χ0v) is 14.7. The number of halogens is 2. The molecule has 0 atom stereocenters. The summed E-state index contributed by atoms with van der Waals surface area (Å²) in [6, 6.07) is 4.58. The Balaban J connectivity index is 1.50. The summed E-state index contributed by atoms with van der Waals surface area (Å²) in [7, 11) is 0. The SMILES string of the molecule is O=C(Nc1cccc(Br)c1F)N1CCc2[nH]nc(C3CCC3)c2C1. The van der Waals surface area contributed by atoms with Crippen LogP contribution in [-0.4, -0.2) is 27.7 Å². The van der Waals surface area contributed by atoms with E-state index in [4.69, 9.17) is 0 Å². The van der Waals surface area contributed by atoms with Crippen molar-refractivity contribution in [2.45, 2.75) is 38.1 Å². The number of H-pyrrole nitrogens is 1. The molecule has 2 amide bonds. The predicted molar refractivity (Wildman–Crippen MR) is 92.4 cm³/mol. The number of aromatic nitrogens is 2. The van der Waals surface area contributed by atoms with E-state index in [0.717, 1.165) is 23.4 Å². The molecule has 0 saturated heterocycles. The Morgan fingerprint density at radius 1 is 1.42 bits per heavy atom. The fraction of sp³-hybridized carbons (Fsp3) is 0.412. The van der Waals surface area contributed by atoms with Gasteiger partial charge < -0.3 is 10.2 Å². The summed E-state index contributed by atoms with van der Waals surface area (Å²) in [5.41, 5.74) is 3.58. The van der Waals surface area contributed by atoms with Crippen LogP contribution in [0, 0.1) is 5.82 Å². The number of nitrogens with zero attached hydrogens (tertiary/aromatic N) is 2. The van der Waals surface area contributed by atoms with Crippen LogP contribution in [0.4, 0.5) is 14.9 Å². The van der Waals surface area contributed by atoms with Crippen molar-refractivity contribution in [3.05, 3.63) is 45.4 Å². The summed E-state index contributed by atoms with van der Waals surface area (Å²) in [4.78, 5) is 14.3. The minimum atomic E-state index is -0.456. The van der Waals surface area contributed by atoms with Crippen LogP contribution in [0.25, 0.3) is 0 Å². The van der Waals surface area contributed by atoms with Gasteiger partial charge in [0.15, 0.2) is 5.82 Å². The Bertz CT molecular complexity index is 787. The van der Waals surface area contributed by atoms with E-state index < -0.39 is 5.82 Å². The summed E-state index contributed by atoms with van der Waals surface area (Å²) >= 11 is 3.14. The second-order valence-corrected chi connectivity index (χ2v) is 7.25. The van der Waals surface area contributed by atoms with E-state index in [1.807, 2.05) is 0 Å². The molecule has 0 radical (unpaired) electrons. The summed E-state index contributed by atoms with van der Waals surface area (Å²) in [5.74, 6) is 0.0672. The van der Waals surface area contributed by atoms with Gasteiger partial charge in [0.05, 0.1) is 22.4 Å². The van der Waals surface area contributed by atoms with Gasteiger partial charge in [-0.25, -0.2) is 9.18 Å². The van der Waals surface area contributed by atoms with Gasteiger partial charge in [0.1, 0.15) is 0 Å². The third-order valence-corrected chi connectivity index (χ3v) is 5.55. The number of hydrogen-bond acceptors (Lipinski definition) is 2. The number of urea groups is 1. The van der Waals surface area contributed by atoms with Gasteiger partial charge in [0.25, 0.3) is 0 Å². The third kappa shape index (κ3) is 2.70. The molecule has 5 nitrogen and oxygen atoms in total. The van der Waals surface area contributed by atoms with Crippen LogP contribution in [0.2, 0.25) is 0 Å². The first kappa shape index (κ1) is 15.6. The fourth-order valence-corrected chi connectivity index (χ4v) is 3.67. The van der Waals surface area contributed by atoms with Crippen LogP contribution in [-0.2, 0) is 13.0 Å². The fourth-order valence-electron chi connectivity index (χ4n) is 3.30. The molecule has 7 heteroatoms. The standard InChI is InChI=1S/C17H18BrFN4O/c18-12-5-2-6-14(15(12)19)20-17(24)23-8-7-13-11(9-23)16(22-21-13)10-3-1-4-10/h2,5-6,10H,1,3-4,7-9H2,(H,20,24)(H,21,22). The van der Waals surface area contributed by atoms with Gasteiger partial charge in [0, 0.05) is 30.1 Å². The molecular weight excluding hydrogens is 375 g/mol. The molecule has 4 rings (SSSR count). The van der Waals surface area contributed by atoms with Gasteiger partial charge >= 0.3 is 6.03 Å². The second-order valence-electron chi connectivity index (χ2n) is 6.40. The smallest absolute Gasteiger partial charge is 0.320 e. The zero-order chi connectivity index (χ0) is 16.7. The van der Waals surface area contributed by atoms with Gasteiger partial charge in [-0.15, -0.1) is 0 Å². The molecule has 2 N–H and O–H groups in total. The highest BCUT2D eigenvalue weighted by Crippen LogP contribution is 2.38. The van der Waals surface area contributed by atoms with Gasteiger partial charge in [-0.05, 0) is 40.9 Å². The van der Waals surface area contributed by atoms with Crippen LogP contribution in [0.15, 0.2) is 22.7 Å². The quantitative estimate of drug-likeness (QED) is 0.805. The van der Waals surface area contributed by atoms with Crippen molar-refractivity contribution in [3.63, 3.8) is 0 Å². The van der Waals surface area contributed by atoms with Crippen molar-refractivity contribution >= 4 is 27.6 Å². The number of anilines is 1. The average Bonchev–Trinajstić information content (AvgIpc) is 2.93. The van der Waals surface area contributed by atoms with E-state index in [1.165, 1.54) is 19.3 Å². The van der Waals surface area contributed by atoms with Crippen molar-refractivity contribution < 1.29 is 9.18 Å². The maximum absolute atomic E-state index is 14.0. The van der Waals surface area contributed by atoms with Crippen LogP contribution in [0.3, 0.4) is 0 Å². The molecule has 2 heterocycles. The molecule has 1 aliphatic heterocycles. The summed E-state index contributed by atoms with van der Waals surface area (Å²) in [5, 5.41) is 10.3. The molecule has 1 aromatic heterocycles. The Labute approximate surface area is 147 Å². The molecule has 1 aromatic carbocycles. The molecule has 0 unspecified atom stereocenters. The van der Waals surface area contributed by atoms with Crippen LogP contribution in [0.1, 0.15) is 42.1 Å². The van der Waals surface area contributed by atoms with Crippen molar-refractivity contribution in [1.82, 2.24) is 15.1 Å². The van der Waals surface area contributed by atoms with Crippen LogP contribution < -0.4 is 5.32 Å². The van der Waals surface area contributed by atoms with Crippen LogP contribution in [0.5, 0.6) is 0 Å². The lowest BCUT2D eigenvalue weighted by Crippen LogP contribution is -2.39. The molecule has 2 aliphatic rings. The highest BCUT2D eigenvalue weighted by Gasteiger charge is 2.31. The lowest BCUT2D eigenvalue weighted by molar-refractivity contribution is 0.205. The van der Waals surface area contributed by atoms with Gasteiger partial charge in [-0.1, -0.05) is 12.5 Å². The normalized spacial score (nSPS) is 17.3. The molecule has 126 valence electrons. The average molecular weight is 393 g/mol.